The standard InChI is InChI=1S/C21H18N4O/c1-15-7-9-16(10-8-15)21(22-17-11-13-18(26-2)14-12-17)25-20-6-4-3-5-19(20)23-24-25/h3-14H,1-2H3. The number of para-hydroxylation sites is 1. The summed E-state index contributed by atoms with van der Waals surface area (Å²) in [6.07, 6.45) is 0. The summed E-state index contributed by atoms with van der Waals surface area (Å²) in [6, 6.07) is 23.7. The highest BCUT2D eigenvalue weighted by molar-refractivity contribution is 6.05. The molecule has 1 aromatic heterocycles. The first-order valence-electron chi connectivity index (χ1n) is 8.35. The first-order valence-corrected chi connectivity index (χ1v) is 8.35. The summed E-state index contributed by atoms with van der Waals surface area (Å²) in [5, 5.41) is 8.60. The Balaban J connectivity index is 1.88. The van der Waals surface area contributed by atoms with E-state index in [2.05, 4.69) is 29.4 Å². The van der Waals surface area contributed by atoms with Crippen molar-refractivity contribution in [2.24, 2.45) is 4.99 Å². The number of hydrogen-bond donors (Lipinski definition) is 0. The van der Waals surface area contributed by atoms with Crippen LogP contribution < -0.4 is 4.74 Å². The molecular formula is C21H18N4O. The number of aromatic nitrogens is 3. The molecule has 4 rings (SSSR count). The molecule has 26 heavy (non-hydrogen) atoms. The second-order valence-electron chi connectivity index (χ2n) is 5.99. The summed E-state index contributed by atoms with van der Waals surface area (Å²) in [4.78, 5) is 4.85. The van der Waals surface area contributed by atoms with E-state index in [4.69, 9.17) is 9.73 Å². The zero-order valence-corrected chi connectivity index (χ0v) is 14.6. The third kappa shape index (κ3) is 3.07. The van der Waals surface area contributed by atoms with E-state index in [9.17, 15) is 0 Å². The maximum Gasteiger partial charge on any atom is 0.163 e. The Morgan fingerprint density at radius 2 is 1.65 bits per heavy atom. The Bertz CT molecular complexity index is 1060. The van der Waals surface area contributed by atoms with Crippen molar-refractivity contribution in [1.82, 2.24) is 15.0 Å². The molecule has 3 aromatic carbocycles. The van der Waals surface area contributed by atoms with Gasteiger partial charge in [0.1, 0.15) is 11.3 Å². The van der Waals surface area contributed by atoms with Gasteiger partial charge in [-0.3, -0.25) is 0 Å². The molecule has 4 aromatic rings. The number of hydrogen-bond acceptors (Lipinski definition) is 4. The molecule has 0 spiro atoms. The second kappa shape index (κ2) is 6.80. The van der Waals surface area contributed by atoms with Crippen LogP contribution in [0.4, 0.5) is 5.69 Å². The molecule has 0 N–H and O–H groups in total. The average Bonchev–Trinajstić information content (AvgIpc) is 3.11. The maximum atomic E-state index is 5.23. The SMILES string of the molecule is COc1ccc(N=C(c2ccc(C)cc2)n2nnc3ccccc32)cc1. The Morgan fingerprint density at radius 3 is 2.38 bits per heavy atom. The zero-order chi connectivity index (χ0) is 17.9. The average molecular weight is 342 g/mol. The number of fused-ring (bicyclic) bond motifs is 1. The highest BCUT2D eigenvalue weighted by Crippen LogP contribution is 2.21. The fourth-order valence-electron chi connectivity index (χ4n) is 2.74. The second-order valence-corrected chi connectivity index (χ2v) is 5.99. The first-order chi connectivity index (χ1) is 12.7. The molecular weight excluding hydrogens is 324 g/mol. The molecule has 0 saturated carbocycles. The van der Waals surface area contributed by atoms with E-state index in [0.29, 0.717) is 0 Å². The van der Waals surface area contributed by atoms with E-state index in [-0.39, 0.29) is 0 Å². The maximum absolute atomic E-state index is 5.23. The van der Waals surface area contributed by atoms with Gasteiger partial charge < -0.3 is 4.74 Å². The molecule has 0 unspecified atom stereocenters. The van der Waals surface area contributed by atoms with Gasteiger partial charge in [0.05, 0.1) is 18.3 Å². The van der Waals surface area contributed by atoms with Crippen molar-refractivity contribution in [3.05, 3.63) is 83.9 Å². The van der Waals surface area contributed by atoms with Crippen LogP contribution in [0.1, 0.15) is 11.1 Å². The van der Waals surface area contributed by atoms with E-state index >= 15 is 0 Å². The Hall–Kier alpha value is -3.47. The molecule has 0 aliphatic rings. The summed E-state index contributed by atoms with van der Waals surface area (Å²) in [6.45, 7) is 2.06. The van der Waals surface area contributed by atoms with E-state index in [0.717, 1.165) is 33.9 Å². The fraction of sp³-hybridized carbons (Fsp3) is 0.0952. The highest BCUT2D eigenvalue weighted by atomic mass is 16.5. The van der Waals surface area contributed by atoms with Crippen LogP contribution in [0, 0.1) is 6.92 Å². The monoisotopic (exact) mass is 342 g/mol. The lowest BCUT2D eigenvalue weighted by Gasteiger charge is -2.09. The van der Waals surface area contributed by atoms with E-state index in [1.165, 1.54) is 5.56 Å². The van der Waals surface area contributed by atoms with Gasteiger partial charge in [0, 0.05) is 5.56 Å². The molecule has 5 heteroatoms. The summed E-state index contributed by atoms with van der Waals surface area (Å²) in [5.41, 5.74) is 4.74. The van der Waals surface area contributed by atoms with Gasteiger partial charge in [0.2, 0.25) is 0 Å². The molecule has 0 bridgehead atoms. The van der Waals surface area contributed by atoms with Gasteiger partial charge >= 0.3 is 0 Å². The summed E-state index contributed by atoms with van der Waals surface area (Å²) in [7, 11) is 1.65. The lowest BCUT2D eigenvalue weighted by atomic mass is 10.1. The van der Waals surface area contributed by atoms with Gasteiger partial charge in [-0.2, -0.15) is 4.68 Å². The van der Waals surface area contributed by atoms with E-state index in [1.54, 1.807) is 11.8 Å². The Labute approximate surface area is 151 Å². The number of methoxy groups -OCH3 is 1. The van der Waals surface area contributed by atoms with Crippen molar-refractivity contribution in [2.75, 3.05) is 7.11 Å². The van der Waals surface area contributed by atoms with Crippen molar-refractivity contribution in [3.8, 4) is 5.75 Å². The summed E-state index contributed by atoms with van der Waals surface area (Å²) in [5.74, 6) is 1.52. The van der Waals surface area contributed by atoms with Crippen LogP contribution in [-0.4, -0.2) is 27.9 Å². The predicted molar refractivity (Wildman–Crippen MR) is 103 cm³/mol. The van der Waals surface area contributed by atoms with Crippen molar-refractivity contribution in [2.45, 2.75) is 6.92 Å². The lowest BCUT2D eigenvalue weighted by Crippen LogP contribution is -2.15. The first kappa shape index (κ1) is 16.0. The van der Waals surface area contributed by atoms with Crippen molar-refractivity contribution < 1.29 is 4.74 Å². The van der Waals surface area contributed by atoms with Crippen molar-refractivity contribution >= 4 is 22.6 Å². The van der Waals surface area contributed by atoms with Crippen LogP contribution in [0.25, 0.3) is 11.0 Å². The number of aryl methyl sites for hydroxylation is 1. The van der Waals surface area contributed by atoms with E-state index < -0.39 is 0 Å². The minimum Gasteiger partial charge on any atom is -0.497 e. The van der Waals surface area contributed by atoms with Crippen LogP contribution in [0.3, 0.4) is 0 Å². The molecule has 128 valence electrons. The Kier molecular flexibility index (Phi) is 4.19. The smallest absolute Gasteiger partial charge is 0.163 e. The van der Waals surface area contributed by atoms with Crippen LogP contribution in [0.2, 0.25) is 0 Å². The van der Waals surface area contributed by atoms with Crippen LogP contribution in [0.15, 0.2) is 77.8 Å². The number of benzene rings is 3. The van der Waals surface area contributed by atoms with Crippen LogP contribution in [0.5, 0.6) is 5.75 Å². The molecule has 0 amide bonds. The third-order valence-corrected chi connectivity index (χ3v) is 4.17. The van der Waals surface area contributed by atoms with Crippen LogP contribution >= 0.6 is 0 Å². The van der Waals surface area contributed by atoms with Gasteiger partial charge in [-0.05, 0) is 43.3 Å². The van der Waals surface area contributed by atoms with Crippen molar-refractivity contribution in [1.29, 1.82) is 0 Å². The van der Waals surface area contributed by atoms with Gasteiger partial charge in [-0.15, -0.1) is 5.10 Å². The normalized spacial score (nSPS) is 11.7. The lowest BCUT2D eigenvalue weighted by molar-refractivity contribution is 0.415. The molecule has 0 fully saturated rings. The molecule has 0 atom stereocenters. The van der Waals surface area contributed by atoms with Gasteiger partial charge in [-0.1, -0.05) is 47.2 Å². The summed E-state index contributed by atoms with van der Waals surface area (Å²) >= 11 is 0. The number of nitrogens with zero attached hydrogens (tertiary/aromatic N) is 4. The van der Waals surface area contributed by atoms with Gasteiger partial charge in [0.15, 0.2) is 5.84 Å². The number of aliphatic imine (C=N–C) groups is 1. The molecule has 0 saturated heterocycles. The largest absolute Gasteiger partial charge is 0.497 e. The third-order valence-electron chi connectivity index (χ3n) is 4.17. The van der Waals surface area contributed by atoms with Crippen molar-refractivity contribution in [3.63, 3.8) is 0 Å². The van der Waals surface area contributed by atoms with Crippen LogP contribution in [-0.2, 0) is 0 Å². The predicted octanol–water partition coefficient (Wildman–Crippen LogP) is 4.37. The molecule has 0 aliphatic carbocycles. The quantitative estimate of drug-likeness (QED) is 0.410. The highest BCUT2D eigenvalue weighted by Gasteiger charge is 2.12. The van der Waals surface area contributed by atoms with Gasteiger partial charge in [0.25, 0.3) is 0 Å². The molecule has 0 radical (unpaired) electrons. The van der Waals surface area contributed by atoms with Gasteiger partial charge in [-0.25, -0.2) is 4.99 Å². The fourth-order valence-corrected chi connectivity index (χ4v) is 2.74. The Morgan fingerprint density at radius 1 is 0.923 bits per heavy atom. The molecule has 5 nitrogen and oxygen atoms in total. The number of rotatable bonds is 3. The van der Waals surface area contributed by atoms with E-state index in [1.807, 2.05) is 60.7 Å². The zero-order valence-electron chi connectivity index (χ0n) is 14.6. The molecule has 0 aliphatic heterocycles. The minimum atomic E-state index is 0.726. The molecule has 1 heterocycles. The summed E-state index contributed by atoms with van der Waals surface area (Å²) < 4.78 is 7.01. The topological polar surface area (TPSA) is 52.3 Å². The number of ether oxygens (including phenoxy) is 1. The minimum absolute atomic E-state index is 0.726.